The van der Waals surface area contributed by atoms with E-state index in [2.05, 4.69) is 0 Å². The number of carbonyl (C=O) groups excluding carboxylic acids is 4. The van der Waals surface area contributed by atoms with Crippen LogP contribution in [0.3, 0.4) is 0 Å². The molecule has 4 aromatic rings. The average Bonchev–Trinajstić information content (AvgIpc) is 3.63. The molecular formula is C31H22N2O4. The summed E-state index contributed by atoms with van der Waals surface area (Å²) >= 11 is 0. The fourth-order valence-corrected chi connectivity index (χ4v) is 5.04. The molecule has 2 aliphatic heterocycles. The number of imide groups is 1. The lowest BCUT2D eigenvalue weighted by Gasteiger charge is -2.14. The first-order valence-electron chi connectivity index (χ1n) is 12.0. The number of amides is 3. The van der Waals surface area contributed by atoms with Crippen LogP contribution in [-0.4, -0.2) is 34.4 Å². The van der Waals surface area contributed by atoms with Crippen LogP contribution in [0, 0.1) is 6.92 Å². The van der Waals surface area contributed by atoms with Crippen LogP contribution in [0.2, 0.25) is 0 Å². The van der Waals surface area contributed by atoms with E-state index in [-0.39, 0.29) is 28.4 Å². The van der Waals surface area contributed by atoms with Gasteiger partial charge >= 0.3 is 0 Å². The van der Waals surface area contributed by atoms with Gasteiger partial charge in [0.15, 0.2) is 5.78 Å². The Morgan fingerprint density at radius 3 is 2.05 bits per heavy atom. The molecule has 1 saturated heterocycles. The van der Waals surface area contributed by atoms with E-state index in [4.69, 9.17) is 0 Å². The molecule has 0 N–H and O–H groups in total. The van der Waals surface area contributed by atoms with Crippen LogP contribution >= 0.6 is 0 Å². The number of benzene rings is 4. The van der Waals surface area contributed by atoms with Crippen molar-refractivity contribution in [3.8, 4) is 0 Å². The van der Waals surface area contributed by atoms with E-state index in [0.717, 1.165) is 16.0 Å². The Labute approximate surface area is 213 Å². The van der Waals surface area contributed by atoms with Crippen LogP contribution in [0.4, 0.5) is 5.69 Å². The number of hydrogen-bond acceptors (Lipinski definition) is 4. The van der Waals surface area contributed by atoms with Gasteiger partial charge in [0.25, 0.3) is 17.7 Å². The molecule has 2 heterocycles. The highest BCUT2D eigenvalue weighted by atomic mass is 16.2. The van der Waals surface area contributed by atoms with Crippen LogP contribution in [0.1, 0.15) is 58.6 Å². The summed E-state index contributed by atoms with van der Waals surface area (Å²) in [5.41, 5.74) is 3.51. The number of rotatable bonds is 5. The number of aryl methyl sites for hydroxylation is 1. The van der Waals surface area contributed by atoms with Gasteiger partial charge in [-0.25, -0.2) is 4.90 Å². The predicted molar refractivity (Wildman–Crippen MR) is 139 cm³/mol. The molecule has 0 aliphatic carbocycles. The van der Waals surface area contributed by atoms with Crippen molar-refractivity contribution in [2.75, 3.05) is 4.90 Å². The van der Waals surface area contributed by atoms with Gasteiger partial charge in [-0.3, -0.25) is 19.2 Å². The molecule has 6 nitrogen and oxygen atoms in total. The van der Waals surface area contributed by atoms with Crippen molar-refractivity contribution in [1.82, 2.24) is 4.90 Å². The van der Waals surface area contributed by atoms with E-state index in [1.807, 2.05) is 49.4 Å². The Hall–Kier alpha value is -4.84. The zero-order chi connectivity index (χ0) is 25.7. The molecule has 1 fully saturated rings. The highest BCUT2D eigenvalue weighted by Crippen LogP contribution is 2.46. The molecule has 4 aromatic carbocycles. The van der Waals surface area contributed by atoms with Crippen LogP contribution in [-0.2, 0) is 0 Å². The maximum atomic E-state index is 13.7. The summed E-state index contributed by atoms with van der Waals surface area (Å²) in [4.78, 5) is 56.0. The lowest BCUT2D eigenvalue weighted by molar-refractivity contribution is 0.0833. The van der Waals surface area contributed by atoms with Crippen molar-refractivity contribution in [3.63, 3.8) is 0 Å². The number of anilines is 1. The highest BCUT2D eigenvalue weighted by Gasteiger charge is 2.56. The first-order chi connectivity index (χ1) is 18.0. The van der Waals surface area contributed by atoms with Gasteiger partial charge in [0, 0.05) is 11.1 Å². The first kappa shape index (κ1) is 22.6. The second-order valence-electron chi connectivity index (χ2n) is 9.29. The molecule has 0 spiro atoms. The zero-order valence-corrected chi connectivity index (χ0v) is 20.0. The Morgan fingerprint density at radius 1 is 0.676 bits per heavy atom. The minimum Gasteiger partial charge on any atom is -0.316 e. The van der Waals surface area contributed by atoms with Gasteiger partial charge in [0.2, 0.25) is 0 Å². The second kappa shape index (κ2) is 8.68. The molecule has 6 heteroatoms. The summed E-state index contributed by atoms with van der Waals surface area (Å²) in [6.45, 7) is 1.89. The predicted octanol–water partition coefficient (Wildman–Crippen LogP) is 5.24. The van der Waals surface area contributed by atoms with Crippen molar-refractivity contribution in [2.24, 2.45) is 0 Å². The van der Waals surface area contributed by atoms with Gasteiger partial charge in [0.05, 0.1) is 22.9 Å². The van der Waals surface area contributed by atoms with Gasteiger partial charge < -0.3 is 4.90 Å². The molecule has 0 aromatic heterocycles. The molecule has 0 saturated carbocycles. The topological polar surface area (TPSA) is 74.5 Å². The van der Waals surface area contributed by atoms with Crippen LogP contribution in [0.15, 0.2) is 103 Å². The van der Waals surface area contributed by atoms with Gasteiger partial charge in [-0.15, -0.1) is 0 Å². The van der Waals surface area contributed by atoms with Crippen LogP contribution in [0.25, 0.3) is 0 Å². The van der Waals surface area contributed by atoms with Crippen LogP contribution in [0.5, 0.6) is 0 Å². The van der Waals surface area contributed by atoms with Crippen LogP contribution < -0.4 is 4.90 Å². The number of nitrogens with zero attached hydrogens (tertiary/aromatic N) is 2. The molecule has 0 unspecified atom stereocenters. The van der Waals surface area contributed by atoms with Gasteiger partial charge in [-0.2, -0.15) is 0 Å². The number of fused-ring (bicyclic) bond motifs is 1. The second-order valence-corrected chi connectivity index (χ2v) is 9.29. The van der Waals surface area contributed by atoms with E-state index in [1.54, 1.807) is 53.4 Å². The van der Waals surface area contributed by atoms with E-state index in [9.17, 15) is 19.2 Å². The maximum absolute atomic E-state index is 13.7. The number of carbonyl (C=O) groups is 4. The Kier molecular flexibility index (Phi) is 5.30. The Balaban J connectivity index is 1.33. The largest absolute Gasteiger partial charge is 0.316 e. The summed E-state index contributed by atoms with van der Waals surface area (Å²) in [5.74, 6) is -1.39. The molecule has 0 radical (unpaired) electrons. The highest BCUT2D eigenvalue weighted by molar-refractivity contribution is 6.34. The standard InChI is InChI=1S/C31H22N2O4/c1-19-9-8-14-23(17-19)32-30(36)24-16-15-22(18-25(24)31(32)37)29(35)33-26(20-10-4-2-5-11-20)27(33)28(34)21-12-6-3-7-13-21/h2-18,26-27H,1H3/t26-,27-,33?/m1/s1. The van der Waals surface area contributed by atoms with E-state index in [1.165, 1.54) is 12.1 Å². The lowest BCUT2D eigenvalue weighted by atomic mass is 10.0. The fraction of sp³-hybridized carbons (Fsp3) is 0.0968. The summed E-state index contributed by atoms with van der Waals surface area (Å²) in [5, 5.41) is 0. The van der Waals surface area contributed by atoms with E-state index in [0.29, 0.717) is 11.3 Å². The van der Waals surface area contributed by atoms with E-state index < -0.39 is 23.9 Å². The number of ketones is 1. The van der Waals surface area contributed by atoms with Crippen molar-refractivity contribution in [2.45, 2.75) is 19.0 Å². The van der Waals surface area contributed by atoms with Gasteiger partial charge in [-0.05, 0) is 48.4 Å². The fourth-order valence-electron chi connectivity index (χ4n) is 5.04. The maximum Gasteiger partial charge on any atom is 0.266 e. The lowest BCUT2D eigenvalue weighted by Crippen LogP contribution is -2.29. The molecular weight excluding hydrogens is 464 g/mol. The monoisotopic (exact) mass is 486 g/mol. The summed E-state index contributed by atoms with van der Waals surface area (Å²) in [7, 11) is 0. The third-order valence-electron chi connectivity index (χ3n) is 6.90. The van der Waals surface area contributed by atoms with Crippen molar-refractivity contribution < 1.29 is 19.2 Å². The molecule has 2 aliphatic rings. The molecule has 2 atom stereocenters. The molecule has 6 rings (SSSR count). The van der Waals surface area contributed by atoms with Gasteiger partial charge in [-0.1, -0.05) is 72.8 Å². The molecule has 3 amide bonds. The third-order valence-corrected chi connectivity index (χ3v) is 6.90. The minimum atomic E-state index is -0.647. The quantitative estimate of drug-likeness (QED) is 0.220. The molecule has 0 bridgehead atoms. The summed E-state index contributed by atoms with van der Waals surface area (Å²) in [6, 6.07) is 29.0. The smallest absolute Gasteiger partial charge is 0.266 e. The molecule has 180 valence electrons. The molecule has 37 heavy (non-hydrogen) atoms. The SMILES string of the molecule is Cc1cccc(N2C(=O)c3ccc(C(=O)N4[C@H](c5ccccc5)[C@@H]4C(=O)c4ccccc4)cc3C2=O)c1. The van der Waals surface area contributed by atoms with E-state index >= 15 is 0 Å². The van der Waals surface area contributed by atoms with Crippen molar-refractivity contribution in [1.29, 1.82) is 0 Å². The third kappa shape index (κ3) is 3.74. The minimum absolute atomic E-state index is 0.138. The normalized spacial score (nSPS) is 18.1. The van der Waals surface area contributed by atoms with Crippen molar-refractivity contribution >= 4 is 29.2 Å². The van der Waals surface area contributed by atoms with Gasteiger partial charge in [0.1, 0.15) is 6.04 Å². The number of Topliss-reactive ketones (excluding diaryl/α,β-unsaturated/α-hetero) is 1. The van der Waals surface area contributed by atoms with Crippen molar-refractivity contribution in [3.05, 3.63) is 137 Å². The summed E-state index contributed by atoms with van der Waals surface area (Å²) in [6.07, 6.45) is 0. The summed E-state index contributed by atoms with van der Waals surface area (Å²) < 4.78 is 0. The Bertz CT molecular complexity index is 1580. The Morgan fingerprint density at radius 2 is 1.35 bits per heavy atom. The first-order valence-corrected chi connectivity index (χ1v) is 12.0. The average molecular weight is 487 g/mol. The zero-order valence-electron chi connectivity index (χ0n) is 20.0. The number of hydrogen-bond donors (Lipinski definition) is 0.